The standard InChI is InChI=1S/C15H17NO5S/c1-15(2,14(17)18)16-22(19,20)11-7-10-6-9-4-3-5-12(9)13(10)21-8-11/h6-8,16H,3-5H2,1-2H3,(H,17,18). The largest absolute Gasteiger partial charge is 0.480 e. The minimum Gasteiger partial charge on any atom is -0.480 e. The summed E-state index contributed by atoms with van der Waals surface area (Å²) in [6.07, 6.45) is 4.18. The Morgan fingerprint density at radius 2 is 2.05 bits per heavy atom. The van der Waals surface area contributed by atoms with E-state index >= 15 is 0 Å². The van der Waals surface area contributed by atoms with Gasteiger partial charge in [-0.3, -0.25) is 4.79 Å². The van der Waals surface area contributed by atoms with Crippen LogP contribution in [0.15, 0.2) is 27.7 Å². The average Bonchev–Trinajstić information content (AvgIpc) is 2.96. The molecule has 6 nitrogen and oxygen atoms in total. The molecule has 22 heavy (non-hydrogen) atoms. The Hall–Kier alpha value is -1.86. The fraction of sp³-hybridized carbons (Fsp3) is 0.400. The topological polar surface area (TPSA) is 96.6 Å². The molecular formula is C15H17NO5S. The van der Waals surface area contributed by atoms with E-state index in [0.29, 0.717) is 0 Å². The highest BCUT2D eigenvalue weighted by Gasteiger charge is 2.34. The lowest BCUT2D eigenvalue weighted by Crippen LogP contribution is -2.49. The molecule has 7 heteroatoms. The van der Waals surface area contributed by atoms with Gasteiger partial charge in [0.25, 0.3) is 0 Å². The number of sulfonamides is 1. The predicted molar refractivity (Wildman–Crippen MR) is 79.4 cm³/mol. The van der Waals surface area contributed by atoms with Crippen molar-refractivity contribution in [3.05, 3.63) is 29.5 Å². The quantitative estimate of drug-likeness (QED) is 0.897. The number of rotatable bonds is 4. The molecule has 2 N–H and O–H groups in total. The van der Waals surface area contributed by atoms with E-state index < -0.39 is 21.5 Å². The summed E-state index contributed by atoms with van der Waals surface area (Å²) in [6, 6.07) is 3.47. The molecule has 0 aromatic heterocycles. The van der Waals surface area contributed by atoms with Crippen molar-refractivity contribution < 1.29 is 22.7 Å². The Balaban J connectivity index is 2.00. The molecule has 0 atom stereocenters. The van der Waals surface area contributed by atoms with Gasteiger partial charge in [-0.15, -0.1) is 0 Å². The van der Waals surface area contributed by atoms with Gasteiger partial charge in [0.15, 0.2) is 0 Å². The van der Waals surface area contributed by atoms with Crippen molar-refractivity contribution in [2.45, 2.75) is 43.5 Å². The SMILES string of the molecule is CC(C)(NS(=O)(=O)c1coc2c3c(cc-2c1)CCC3)C(=O)O. The van der Waals surface area contributed by atoms with Crippen LogP contribution >= 0.6 is 0 Å². The first kappa shape index (κ1) is 15.1. The molecule has 0 saturated heterocycles. The zero-order chi connectivity index (χ0) is 16.1. The molecule has 0 fully saturated rings. The summed E-state index contributed by atoms with van der Waals surface area (Å²) in [6.45, 7) is 2.58. The molecule has 0 unspecified atom stereocenters. The molecule has 0 amide bonds. The Kier molecular flexibility index (Phi) is 3.30. The predicted octanol–water partition coefficient (Wildman–Crippen LogP) is 2.01. The number of aliphatic carboxylic acids is 1. The normalized spacial score (nSPS) is 15.2. The van der Waals surface area contributed by atoms with Crippen LogP contribution in [0.4, 0.5) is 0 Å². The van der Waals surface area contributed by atoms with E-state index in [9.17, 15) is 13.2 Å². The van der Waals surface area contributed by atoms with E-state index in [1.165, 1.54) is 31.7 Å². The summed E-state index contributed by atoms with van der Waals surface area (Å²) >= 11 is 0. The van der Waals surface area contributed by atoms with Crippen LogP contribution in [0.5, 0.6) is 0 Å². The summed E-state index contributed by atoms with van der Waals surface area (Å²) in [5.41, 5.74) is 1.49. The summed E-state index contributed by atoms with van der Waals surface area (Å²) in [4.78, 5) is 11.0. The maximum atomic E-state index is 12.3. The van der Waals surface area contributed by atoms with Gasteiger partial charge in [-0.25, -0.2) is 8.42 Å². The van der Waals surface area contributed by atoms with Crippen molar-refractivity contribution >= 4 is 16.0 Å². The van der Waals surface area contributed by atoms with Crippen LogP contribution in [-0.2, 0) is 27.7 Å². The highest BCUT2D eigenvalue weighted by molar-refractivity contribution is 7.89. The fourth-order valence-electron chi connectivity index (χ4n) is 2.74. The zero-order valence-electron chi connectivity index (χ0n) is 12.3. The van der Waals surface area contributed by atoms with Crippen molar-refractivity contribution in [2.24, 2.45) is 0 Å². The smallest absolute Gasteiger partial charge is 0.324 e. The molecule has 1 aliphatic heterocycles. The van der Waals surface area contributed by atoms with Crippen LogP contribution in [0, 0.1) is 0 Å². The van der Waals surface area contributed by atoms with Gasteiger partial charge in [0, 0.05) is 5.56 Å². The maximum absolute atomic E-state index is 12.3. The van der Waals surface area contributed by atoms with Gasteiger partial charge >= 0.3 is 5.97 Å². The van der Waals surface area contributed by atoms with Crippen LogP contribution in [0.25, 0.3) is 11.3 Å². The van der Waals surface area contributed by atoms with Crippen molar-refractivity contribution in [3.8, 4) is 11.3 Å². The van der Waals surface area contributed by atoms with Crippen LogP contribution < -0.4 is 4.72 Å². The molecule has 118 valence electrons. The van der Waals surface area contributed by atoms with E-state index in [4.69, 9.17) is 9.52 Å². The van der Waals surface area contributed by atoms with Gasteiger partial charge in [-0.1, -0.05) is 0 Å². The summed E-state index contributed by atoms with van der Waals surface area (Å²) in [7, 11) is -3.97. The first-order chi connectivity index (χ1) is 10.2. The molecule has 3 rings (SSSR count). The third kappa shape index (κ3) is 2.40. The van der Waals surface area contributed by atoms with Crippen LogP contribution in [0.1, 0.15) is 31.4 Å². The number of aryl methyl sites for hydroxylation is 1. The third-order valence-corrected chi connectivity index (χ3v) is 5.57. The number of nitrogens with one attached hydrogen (secondary N) is 1. The van der Waals surface area contributed by atoms with Gasteiger partial charge < -0.3 is 9.52 Å². The third-order valence-electron chi connectivity index (χ3n) is 3.95. The van der Waals surface area contributed by atoms with E-state index in [0.717, 1.165) is 36.1 Å². The second kappa shape index (κ2) is 4.82. The molecule has 0 bridgehead atoms. The van der Waals surface area contributed by atoms with Crippen LogP contribution in [-0.4, -0.2) is 25.0 Å². The lowest BCUT2D eigenvalue weighted by molar-refractivity contribution is -0.142. The average molecular weight is 323 g/mol. The van der Waals surface area contributed by atoms with Gasteiger partial charge in [0.2, 0.25) is 10.0 Å². The van der Waals surface area contributed by atoms with Crippen molar-refractivity contribution in [1.82, 2.24) is 4.72 Å². The number of carboxylic acids is 1. The van der Waals surface area contributed by atoms with E-state index in [1.807, 2.05) is 6.07 Å². The molecule has 0 saturated carbocycles. The zero-order valence-corrected chi connectivity index (χ0v) is 13.2. The van der Waals surface area contributed by atoms with Gasteiger partial charge in [-0.05, 0) is 56.4 Å². The fourth-order valence-corrected chi connectivity index (χ4v) is 4.08. The Labute approximate surface area is 128 Å². The van der Waals surface area contributed by atoms with Crippen LogP contribution in [0.3, 0.4) is 0 Å². The summed E-state index contributed by atoms with van der Waals surface area (Å²) in [5.74, 6) is -0.523. The first-order valence-electron chi connectivity index (χ1n) is 7.01. The van der Waals surface area contributed by atoms with Gasteiger partial charge in [0.1, 0.15) is 22.5 Å². The molecule has 0 radical (unpaired) electrons. The summed E-state index contributed by atoms with van der Waals surface area (Å²) < 4.78 is 32.4. The maximum Gasteiger partial charge on any atom is 0.324 e. The van der Waals surface area contributed by atoms with Crippen molar-refractivity contribution in [3.63, 3.8) is 0 Å². The number of fused-ring (bicyclic) bond motifs is 3. The number of hydrogen-bond donors (Lipinski definition) is 2. The molecule has 0 aromatic rings. The lowest BCUT2D eigenvalue weighted by Gasteiger charge is -2.20. The molecule has 0 aromatic carbocycles. The van der Waals surface area contributed by atoms with Crippen molar-refractivity contribution in [2.75, 3.05) is 0 Å². The highest BCUT2D eigenvalue weighted by Crippen LogP contribution is 2.38. The van der Waals surface area contributed by atoms with Gasteiger partial charge in [-0.2, -0.15) is 4.72 Å². The van der Waals surface area contributed by atoms with E-state index in [1.54, 1.807) is 0 Å². The molecule has 2 aliphatic carbocycles. The number of carboxylic acid groups (broad SMARTS) is 1. The number of hydrogen-bond acceptors (Lipinski definition) is 4. The minimum atomic E-state index is -3.97. The Bertz CT molecular complexity index is 819. The Morgan fingerprint density at radius 3 is 2.73 bits per heavy atom. The Morgan fingerprint density at radius 1 is 1.32 bits per heavy atom. The van der Waals surface area contributed by atoms with E-state index in [-0.39, 0.29) is 4.90 Å². The van der Waals surface area contributed by atoms with Crippen molar-refractivity contribution in [1.29, 1.82) is 0 Å². The minimum absolute atomic E-state index is 0.0713. The number of carbonyl (C=O) groups is 1. The van der Waals surface area contributed by atoms with E-state index in [2.05, 4.69) is 4.72 Å². The monoisotopic (exact) mass is 323 g/mol. The molecule has 3 aliphatic rings. The van der Waals surface area contributed by atoms with Crippen LogP contribution in [0.2, 0.25) is 0 Å². The van der Waals surface area contributed by atoms with Gasteiger partial charge in [0.05, 0.1) is 0 Å². The molecular weight excluding hydrogens is 306 g/mol. The highest BCUT2D eigenvalue weighted by atomic mass is 32.2. The summed E-state index contributed by atoms with van der Waals surface area (Å²) in [5, 5.41) is 9.05. The lowest BCUT2D eigenvalue weighted by atomic mass is 10.1. The second-order valence-corrected chi connectivity index (χ2v) is 7.79. The first-order valence-corrected chi connectivity index (χ1v) is 8.49. The molecule has 1 heterocycles. The second-order valence-electron chi connectivity index (χ2n) is 6.10. The molecule has 0 spiro atoms.